The molecule has 2 saturated carbocycles. The van der Waals surface area contributed by atoms with Crippen LogP contribution in [0.4, 0.5) is 0 Å². The van der Waals surface area contributed by atoms with Crippen LogP contribution in [0, 0.1) is 17.8 Å². The summed E-state index contributed by atoms with van der Waals surface area (Å²) < 4.78 is 5.12. The standard InChI is InChI=1S/C16H29NO3/c1-4-20-15(18)14(11(2)3)17-10-16(19)12-6-5-7-13(16)9-8-12/h11-14,17,19H,4-10H2,1-3H3/t12-,13?,14+,16?/m1/s1. The van der Waals surface area contributed by atoms with E-state index in [1.54, 1.807) is 0 Å². The van der Waals surface area contributed by atoms with Crippen molar-refractivity contribution in [1.29, 1.82) is 0 Å². The number of esters is 1. The van der Waals surface area contributed by atoms with E-state index in [1.807, 2.05) is 20.8 Å². The van der Waals surface area contributed by atoms with E-state index >= 15 is 0 Å². The van der Waals surface area contributed by atoms with E-state index < -0.39 is 5.60 Å². The van der Waals surface area contributed by atoms with E-state index in [-0.39, 0.29) is 17.9 Å². The van der Waals surface area contributed by atoms with Crippen molar-refractivity contribution in [2.24, 2.45) is 17.8 Å². The van der Waals surface area contributed by atoms with Gasteiger partial charge in [-0.15, -0.1) is 0 Å². The molecule has 2 aliphatic carbocycles. The summed E-state index contributed by atoms with van der Waals surface area (Å²) in [6, 6.07) is -0.319. The molecule has 0 aliphatic heterocycles. The predicted octanol–water partition coefficient (Wildman–Crippen LogP) is 2.10. The van der Waals surface area contributed by atoms with E-state index in [1.165, 1.54) is 6.42 Å². The van der Waals surface area contributed by atoms with Gasteiger partial charge in [0.25, 0.3) is 0 Å². The highest BCUT2D eigenvalue weighted by Crippen LogP contribution is 2.49. The van der Waals surface area contributed by atoms with Crippen LogP contribution in [-0.2, 0) is 9.53 Å². The van der Waals surface area contributed by atoms with Crippen LogP contribution < -0.4 is 5.32 Å². The van der Waals surface area contributed by atoms with Crippen molar-refractivity contribution in [1.82, 2.24) is 5.32 Å². The van der Waals surface area contributed by atoms with Crippen LogP contribution in [0.25, 0.3) is 0 Å². The van der Waals surface area contributed by atoms with Gasteiger partial charge in [0.2, 0.25) is 0 Å². The first-order valence-electron chi connectivity index (χ1n) is 8.11. The number of carbonyl (C=O) groups is 1. The molecule has 0 aromatic heterocycles. The first-order chi connectivity index (χ1) is 9.49. The van der Waals surface area contributed by atoms with Crippen molar-refractivity contribution in [2.45, 2.75) is 64.5 Å². The van der Waals surface area contributed by atoms with Gasteiger partial charge < -0.3 is 15.2 Å². The molecule has 0 heterocycles. The summed E-state index contributed by atoms with van der Waals surface area (Å²) in [6.07, 6.45) is 5.76. The van der Waals surface area contributed by atoms with Crippen LogP contribution in [0.3, 0.4) is 0 Å². The minimum atomic E-state index is -0.613. The number of hydrogen-bond donors (Lipinski definition) is 2. The van der Waals surface area contributed by atoms with E-state index in [9.17, 15) is 9.90 Å². The third-order valence-electron chi connectivity index (χ3n) is 5.20. The Kier molecular flexibility index (Phi) is 5.08. The Balaban J connectivity index is 1.97. The molecule has 2 bridgehead atoms. The number of hydrogen-bond acceptors (Lipinski definition) is 4. The van der Waals surface area contributed by atoms with Crippen molar-refractivity contribution in [2.75, 3.05) is 13.2 Å². The second kappa shape index (κ2) is 6.44. The summed E-state index contributed by atoms with van der Waals surface area (Å²) in [4.78, 5) is 12.0. The first-order valence-corrected chi connectivity index (χ1v) is 8.11. The van der Waals surface area contributed by atoms with Gasteiger partial charge in [-0.1, -0.05) is 20.3 Å². The highest BCUT2D eigenvalue weighted by Gasteiger charge is 2.50. The van der Waals surface area contributed by atoms with Gasteiger partial charge in [-0.05, 0) is 50.4 Å². The lowest BCUT2D eigenvalue weighted by atomic mass is 9.74. The minimum Gasteiger partial charge on any atom is -0.465 e. The molecule has 20 heavy (non-hydrogen) atoms. The molecule has 2 aliphatic rings. The van der Waals surface area contributed by atoms with E-state index in [4.69, 9.17) is 4.74 Å². The average Bonchev–Trinajstić information content (AvgIpc) is 2.58. The molecule has 0 aromatic rings. The number of rotatable bonds is 6. The summed E-state index contributed by atoms with van der Waals surface area (Å²) in [5.74, 6) is 0.778. The first kappa shape index (κ1) is 15.8. The number of aliphatic hydroxyl groups is 1. The molecule has 0 amide bonds. The third-order valence-corrected chi connectivity index (χ3v) is 5.20. The quantitative estimate of drug-likeness (QED) is 0.733. The Morgan fingerprint density at radius 2 is 1.90 bits per heavy atom. The molecule has 2 unspecified atom stereocenters. The van der Waals surface area contributed by atoms with Crippen molar-refractivity contribution < 1.29 is 14.6 Å². The fourth-order valence-corrected chi connectivity index (χ4v) is 4.02. The molecule has 0 radical (unpaired) electrons. The molecule has 4 nitrogen and oxygen atoms in total. The zero-order valence-electron chi connectivity index (χ0n) is 13.0. The number of ether oxygens (including phenoxy) is 1. The van der Waals surface area contributed by atoms with Gasteiger partial charge in [0.1, 0.15) is 6.04 Å². The van der Waals surface area contributed by atoms with Gasteiger partial charge in [0.15, 0.2) is 0 Å². The molecule has 4 heteroatoms. The van der Waals surface area contributed by atoms with Gasteiger partial charge >= 0.3 is 5.97 Å². The third kappa shape index (κ3) is 3.01. The maximum atomic E-state index is 12.0. The average molecular weight is 283 g/mol. The summed E-state index contributed by atoms with van der Waals surface area (Å²) in [6.45, 7) is 6.76. The lowest BCUT2D eigenvalue weighted by molar-refractivity contribution is -0.147. The molecule has 0 aromatic carbocycles. The Bertz CT molecular complexity index is 327. The summed E-state index contributed by atoms with van der Waals surface area (Å²) >= 11 is 0. The molecular formula is C16H29NO3. The van der Waals surface area contributed by atoms with Crippen LogP contribution >= 0.6 is 0 Å². The van der Waals surface area contributed by atoms with Crippen molar-refractivity contribution in [3.8, 4) is 0 Å². The normalized spacial score (nSPS) is 34.2. The molecular weight excluding hydrogens is 254 g/mol. The second-order valence-corrected chi connectivity index (χ2v) is 6.75. The molecule has 2 rings (SSSR count). The summed E-state index contributed by atoms with van der Waals surface area (Å²) in [5.41, 5.74) is -0.613. The fourth-order valence-electron chi connectivity index (χ4n) is 4.02. The number of fused-ring (bicyclic) bond motifs is 2. The van der Waals surface area contributed by atoms with Crippen molar-refractivity contribution in [3.05, 3.63) is 0 Å². The van der Waals surface area contributed by atoms with Crippen LogP contribution in [0.1, 0.15) is 52.9 Å². The smallest absolute Gasteiger partial charge is 0.323 e. The Morgan fingerprint density at radius 1 is 1.30 bits per heavy atom. The Labute approximate surface area is 122 Å². The summed E-state index contributed by atoms with van der Waals surface area (Å²) in [7, 11) is 0. The number of nitrogens with one attached hydrogen (secondary N) is 1. The molecule has 2 fully saturated rings. The Morgan fingerprint density at radius 3 is 2.40 bits per heavy atom. The molecule has 0 spiro atoms. The van der Waals surface area contributed by atoms with Gasteiger partial charge in [-0.25, -0.2) is 0 Å². The summed E-state index contributed by atoms with van der Waals surface area (Å²) in [5, 5.41) is 14.3. The predicted molar refractivity (Wildman–Crippen MR) is 78.3 cm³/mol. The highest BCUT2D eigenvalue weighted by molar-refractivity contribution is 5.76. The SMILES string of the molecule is CCOC(=O)[C@@H](NCC1(O)C2CCC[C@@H]1CC2)C(C)C. The maximum absolute atomic E-state index is 12.0. The monoisotopic (exact) mass is 283 g/mol. The lowest BCUT2D eigenvalue weighted by Gasteiger charge is -2.40. The fraction of sp³-hybridized carbons (Fsp3) is 0.938. The zero-order valence-corrected chi connectivity index (χ0v) is 13.0. The Hall–Kier alpha value is -0.610. The molecule has 116 valence electrons. The highest BCUT2D eigenvalue weighted by atomic mass is 16.5. The molecule has 0 saturated heterocycles. The molecule has 2 N–H and O–H groups in total. The zero-order chi connectivity index (χ0) is 14.8. The number of carbonyl (C=O) groups excluding carboxylic acids is 1. The van der Waals surface area contributed by atoms with Crippen LogP contribution in [-0.4, -0.2) is 35.9 Å². The minimum absolute atomic E-state index is 0.166. The van der Waals surface area contributed by atoms with Gasteiger partial charge in [-0.2, -0.15) is 0 Å². The topological polar surface area (TPSA) is 58.6 Å². The van der Waals surface area contributed by atoms with Crippen molar-refractivity contribution in [3.63, 3.8) is 0 Å². The molecule has 4 atom stereocenters. The lowest BCUT2D eigenvalue weighted by Crippen LogP contribution is -2.55. The van der Waals surface area contributed by atoms with Gasteiger partial charge in [-0.3, -0.25) is 4.79 Å². The second-order valence-electron chi connectivity index (χ2n) is 6.75. The van der Waals surface area contributed by atoms with Crippen LogP contribution in [0.15, 0.2) is 0 Å². The van der Waals surface area contributed by atoms with E-state index in [0.717, 1.165) is 25.7 Å². The van der Waals surface area contributed by atoms with E-state index in [0.29, 0.717) is 25.0 Å². The maximum Gasteiger partial charge on any atom is 0.323 e. The van der Waals surface area contributed by atoms with Crippen LogP contribution in [0.2, 0.25) is 0 Å². The largest absolute Gasteiger partial charge is 0.465 e. The van der Waals surface area contributed by atoms with Gasteiger partial charge in [0.05, 0.1) is 12.2 Å². The van der Waals surface area contributed by atoms with Crippen molar-refractivity contribution >= 4 is 5.97 Å². The van der Waals surface area contributed by atoms with Crippen LogP contribution in [0.5, 0.6) is 0 Å². The van der Waals surface area contributed by atoms with E-state index in [2.05, 4.69) is 5.32 Å². The van der Waals surface area contributed by atoms with Gasteiger partial charge in [0, 0.05) is 6.54 Å².